The van der Waals surface area contributed by atoms with E-state index in [2.05, 4.69) is 46.3 Å². The third-order valence-electron chi connectivity index (χ3n) is 13.4. The van der Waals surface area contributed by atoms with Gasteiger partial charge in [0.05, 0.1) is 39.5 Å². The van der Waals surface area contributed by atoms with Crippen molar-refractivity contribution in [1.29, 1.82) is 0 Å². The molecule has 14 nitrogen and oxygen atoms in total. The Morgan fingerprint density at radius 3 is 2.18 bits per heavy atom. The van der Waals surface area contributed by atoms with Crippen LogP contribution in [-0.4, -0.2) is 110 Å². The molecule has 1 spiro atoms. The minimum atomic E-state index is -0.729. The summed E-state index contributed by atoms with van der Waals surface area (Å²) in [4.78, 5) is 64.6. The minimum Gasteiger partial charge on any atom is -0.453 e. The van der Waals surface area contributed by atoms with Crippen LogP contribution < -0.4 is 16.0 Å². The normalized spacial score (nSPS) is 26.0. The van der Waals surface area contributed by atoms with E-state index in [-0.39, 0.29) is 23.9 Å². The van der Waals surface area contributed by atoms with E-state index in [0.29, 0.717) is 44.6 Å². The van der Waals surface area contributed by atoms with Crippen LogP contribution in [0.3, 0.4) is 0 Å². The first-order chi connectivity index (χ1) is 27.6. The van der Waals surface area contributed by atoms with Crippen LogP contribution in [0.2, 0.25) is 0 Å². The first-order valence-electron chi connectivity index (χ1n) is 20.4. The fraction of sp³-hybridized carbons (Fsp3) is 0.535. The monoisotopic (exact) mass is 777 g/mol. The standard InChI is InChI=1S/C43H51N7O7/c1-23(45-41(53)55-3)39(51)49-15-5-7-35(49)34-19-27(20-44-34)30-13-12-28(31-17-25-9-11-29(25)37(30)31)26-10-14-32-33(18-26)47-38(48-43(32)21-57-22-43)36-8-6-16-50(36)40(52)24(2)46-42(54)56-4/h10,12-14,18,20,23-25,29,35-36H,5-9,11,15-17,19,21-22H2,1-4H3,(H,45,53)(H,46,54)(H,47,48)/t23-,24-,25?,29?,35-,36-/m0/s1. The number of amides is 4. The molecule has 0 bridgehead atoms. The number of carbonyl (C=O) groups is 4. The predicted octanol–water partition coefficient (Wildman–Crippen LogP) is 5.11. The molecular weight excluding hydrogens is 727 g/mol. The lowest BCUT2D eigenvalue weighted by Gasteiger charge is -2.44. The van der Waals surface area contributed by atoms with E-state index in [0.717, 1.165) is 60.5 Å². The number of ether oxygens (including phenoxy) is 3. The van der Waals surface area contributed by atoms with E-state index in [1.807, 2.05) is 16.0 Å². The number of carbonyl (C=O) groups excluding carboxylic acids is 4. The first kappa shape index (κ1) is 37.3. The van der Waals surface area contributed by atoms with Crippen LogP contribution in [0, 0.1) is 5.92 Å². The lowest BCUT2D eigenvalue weighted by atomic mass is 9.73. The van der Waals surface area contributed by atoms with Crippen molar-refractivity contribution >= 4 is 46.8 Å². The van der Waals surface area contributed by atoms with Gasteiger partial charge in [-0.3, -0.25) is 19.6 Å². The predicted molar refractivity (Wildman–Crippen MR) is 214 cm³/mol. The van der Waals surface area contributed by atoms with Gasteiger partial charge in [0.1, 0.15) is 23.5 Å². The number of fused-ring (bicyclic) bond motifs is 5. The molecule has 3 N–H and O–H groups in total. The Morgan fingerprint density at radius 2 is 1.54 bits per heavy atom. The van der Waals surface area contributed by atoms with Gasteiger partial charge in [-0.15, -0.1) is 0 Å². The molecule has 2 aromatic carbocycles. The molecule has 3 saturated heterocycles. The average molecular weight is 778 g/mol. The van der Waals surface area contributed by atoms with Crippen molar-refractivity contribution in [2.24, 2.45) is 15.9 Å². The zero-order valence-corrected chi connectivity index (χ0v) is 33.1. The number of nitrogens with zero attached hydrogens (tertiary/aromatic N) is 4. The number of hydrogen-bond donors (Lipinski definition) is 3. The van der Waals surface area contributed by atoms with Gasteiger partial charge in [-0.25, -0.2) is 9.59 Å². The SMILES string of the molecule is COC(=O)N[C@@H](C)C(=O)N1CCC[C@H]1C1=NC=C(c2ccc(-c3ccc4c(c3)NC([C@@H]3CCCN3C(=O)[C@H](C)NC(=O)OC)=NC43COC3)c3c2C2CCC2C3)C1. The molecule has 2 aromatic rings. The second-order valence-electron chi connectivity index (χ2n) is 16.7. The third kappa shape index (κ3) is 6.36. The molecule has 1 saturated carbocycles. The molecule has 14 heteroatoms. The fourth-order valence-corrected chi connectivity index (χ4v) is 10.3. The molecule has 5 aliphatic heterocycles. The molecule has 5 heterocycles. The zero-order valence-electron chi connectivity index (χ0n) is 33.1. The van der Waals surface area contributed by atoms with Crippen LogP contribution in [0.1, 0.15) is 87.0 Å². The fourth-order valence-electron chi connectivity index (χ4n) is 10.3. The van der Waals surface area contributed by atoms with Crippen molar-refractivity contribution in [3.05, 3.63) is 58.8 Å². The average Bonchev–Trinajstić information content (AvgIpc) is 4.02. The Bertz CT molecular complexity index is 2120. The maximum absolute atomic E-state index is 13.6. The Labute approximate surface area is 332 Å². The minimum absolute atomic E-state index is 0.0907. The molecule has 0 radical (unpaired) electrons. The van der Waals surface area contributed by atoms with E-state index < -0.39 is 29.8 Å². The third-order valence-corrected chi connectivity index (χ3v) is 13.4. The van der Waals surface area contributed by atoms with Gasteiger partial charge >= 0.3 is 12.2 Å². The summed E-state index contributed by atoms with van der Waals surface area (Å²) < 4.78 is 15.2. The van der Waals surface area contributed by atoms with E-state index >= 15 is 0 Å². The Morgan fingerprint density at radius 1 is 0.877 bits per heavy atom. The number of alkyl carbamates (subject to hydrolysis) is 2. The van der Waals surface area contributed by atoms with Crippen LogP contribution in [0.25, 0.3) is 16.7 Å². The highest BCUT2D eigenvalue weighted by Crippen LogP contribution is 2.56. The van der Waals surface area contributed by atoms with Crippen molar-refractivity contribution in [2.75, 3.05) is 45.8 Å². The number of amidine groups is 1. The van der Waals surface area contributed by atoms with Crippen LogP contribution in [-0.2, 0) is 35.8 Å². The number of benzene rings is 2. The summed E-state index contributed by atoms with van der Waals surface area (Å²) in [7, 11) is 2.58. The molecule has 0 aromatic heterocycles. The maximum atomic E-state index is 13.6. The van der Waals surface area contributed by atoms with Crippen molar-refractivity contribution in [3.8, 4) is 11.1 Å². The number of rotatable bonds is 8. The number of hydrogen-bond acceptors (Lipinski definition) is 10. The topological polar surface area (TPSA) is 163 Å². The maximum Gasteiger partial charge on any atom is 0.407 e. The molecule has 300 valence electrons. The van der Waals surface area contributed by atoms with E-state index in [1.54, 1.807) is 13.8 Å². The summed E-state index contributed by atoms with van der Waals surface area (Å²) >= 11 is 0. The second-order valence-corrected chi connectivity index (χ2v) is 16.7. The van der Waals surface area contributed by atoms with E-state index in [4.69, 9.17) is 24.2 Å². The molecular formula is C43H51N7O7. The van der Waals surface area contributed by atoms with Gasteiger partial charge in [0.15, 0.2) is 0 Å². The van der Waals surface area contributed by atoms with Crippen LogP contribution in [0.4, 0.5) is 15.3 Å². The highest BCUT2D eigenvalue weighted by Gasteiger charge is 2.48. The number of anilines is 1. The van der Waals surface area contributed by atoms with Gasteiger partial charge in [0.2, 0.25) is 11.8 Å². The number of allylic oxidation sites excluding steroid dienone is 1. The Hall–Kier alpha value is -5.24. The molecule has 2 unspecified atom stereocenters. The van der Waals surface area contributed by atoms with Gasteiger partial charge in [-0.1, -0.05) is 24.3 Å². The highest BCUT2D eigenvalue weighted by atomic mass is 16.5. The van der Waals surface area contributed by atoms with Crippen molar-refractivity contribution in [3.63, 3.8) is 0 Å². The Balaban J connectivity index is 0.970. The van der Waals surface area contributed by atoms with Gasteiger partial charge in [0.25, 0.3) is 0 Å². The van der Waals surface area contributed by atoms with Crippen LogP contribution in [0.15, 0.2) is 46.5 Å². The molecule has 7 aliphatic rings. The smallest absolute Gasteiger partial charge is 0.407 e. The van der Waals surface area contributed by atoms with Gasteiger partial charge in [-0.05, 0) is 110 Å². The van der Waals surface area contributed by atoms with Crippen LogP contribution >= 0.6 is 0 Å². The molecule has 57 heavy (non-hydrogen) atoms. The summed E-state index contributed by atoms with van der Waals surface area (Å²) in [5.41, 5.74) is 10.3. The Kier molecular flexibility index (Phi) is 9.57. The first-order valence-corrected chi connectivity index (χ1v) is 20.4. The molecule has 2 aliphatic carbocycles. The number of likely N-dealkylation sites (tertiary alicyclic amines) is 2. The second kappa shape index (κ2) is 14.6. The molecule has 4 amide bonds. The summed E-state index contributed by atoms with van der Waals surface area (Å²) in [6.07, 6.45) is 8.28. The highest BCUT2D eigenvalue weighted by molar-refractivity contribution is 6.06. The zero-order chi connectivity index (χ0) is 39.6. The lowest BCUT2D eigenvalue weighted by Crippen LogP contribution is -2.55. The van der Waals surface area contributed by atoms with E-state index in [9.17, 15) is 19.2 Å². The number of nitrogens with one attached hydrogen (secondary N) is 3. The summed E-state index contributed by atoms with van der Waals surface area (Å²) in [5.74, 6) is 1.65. The molecule has 9 rings (SSSR count). The quantitative estimate of drug-likeness (QED) is 0.333. The molecule has 4 fully saturated rings. The summed E-state index contributed by atoms with van der Waals surface area (Å²) in [6.45, 7) is 5.56. The summed E-state index contributed by atoms with van der Waals surface area (Å²) in [6, 6.07) is 9.48. The number of methoxy groups -OCH3 is 2. The van der Waals surface area contributed by atoms with Gasteiger partial charge in [0, 0.05) is 42.7 Å². The van der Waals surface area contributed by atoms with Gasteiger partial charge in [-0.2, -0.15) is 0 Å². The van der Waals surface area contributed by atoms with Gasteiger partial charge < -0.3 is 40.0 Å². The molecule has 6 atom stereocenters. The number of aliphatic imine (C=N–C) groups is 2. The lowest BCUT2D eigenvalue weighted by molar-refractivity contribution is -0.133. The largest absolute Gasteiger partial charge is 0.453 e. The van der Waals surface area contributed by atoms with Crippen molar-refractivity contribution in [2.45, 2.75) is 101 Å². The van der Waals surface area contributed by atoms with E-state index in [1.165, 1.54) is 54.9 Å². The summed E-state index contributed by atoms with van der Waals surface area (Å²) in [5, 5.41) is 8.92. The van der Waals surface area contributed by atoms with Crippen molar-refractivity contribution in [1.82, 2.24) is 20.4 Å². The van der Waals surface area contributed by atoms with Crippen LogP contribution in [0.5, 0.6) is 0 Å². The van der Waals surface area contributed by atoms with Crippen molar-refractivity contribution < 1.29 is 33.4 Å².